The fraction of sp³-hybridized carbons (Fsp3) is 0.458. The molecule has 2 aliphatic rings. The molecule has 66 heavy (non-hydrogen) atoms. The van der Waals surface area contributed by atoms with Crippen LogP contribution in [-0.4, -0.2) is 112 Å². The van der Waals surface area contributed by atoms with Gasteiger partial charge in [0.25, 0.3) is 0 Å². The van der Waals surface area contributed by atoms with Gasteiger partial charge in [-0.3, -0.25) is 0 Å². The number of unbranched alkanes of at least 4 members (excludes halogenated alkanes) is 2. The number of aliphatic hydroxyl groups is 2. The Morgan fingerprint density at radius 1 is 0.636 bits per heavy atom. The number of para-hydroxylation sites is 2. The third kappa shape index (κ3) is 12.9. The van der Waals surface area contributed by atoms with Gasteiger partial charge in [-0.15, -0.1) is 23.5 Å². The summed E-state index contributed by atoms with van der Waals surface area (Å²) < 4.78 is 65.6. The number of nitrogens with zero attached hydrogens (tertiary/aromatic N) is 2. The predicted molar refractivity (Wildman–Crippen MR) is 261 cm³/mol. The maximum Gasteiger partial charge on any atom is 0.336 e. The Morgan fingerprint density at radius 2 is 0.985 bits per heavy atom. The second-order valence-electron chi connectivity index (χ2n) is 17.5. The van der Waals surface area contributed by atoms with Crippen molar-refractivity contribution in [1.29, 1.82) is 0 Å². The van der Waals surface area contributed by atoms with Crippen molar-refractivity contribution in [3.63, 3.8) is 0 Å². The molecule has 2 heterocycles. The highest BCUT2D eigenvalue weighted by atomic mass is 32.2. The van der Waals surface area contributed by atoms with E-state index in [1.807, 2.05) is 87.0 Å². The van der Waals surface area contributed by atoms with Gasteiger partial charge in [0.2, 0.25) is 0 Å². The van der Waals surface area contributed by atoms with Gasteiger partial charge < -0.3 is 39.7 Å². The molecule has 4 N–H and O–H groups in total. The van der Waals surface area contributed by atoms with E-state index in [1.54, 1.807) is 12.1 Å². The number of benzene rings is 4. The maximum absolute atomic E-state index is 13.6. The number of carboxylic acid groups (broad SMARTS) is 2. The first-order chi connectivity index (χ1) is 31.2. The number of sulfone groups is 2. The molecule has 0 aliphatic carbocycles. The summed E-state index contributed by atoms with van der Waals surface area (Å²) in [4.78, 5) is 27.7. The van der Waals surface area contributed by atoms with Crippen LogP contribution in [0.2, 0.25) is 0 Å². The molecule has 0 saturated heterocycles. The Bertz CT molecular complexity index is 2350. The van der Waals surface area contributed by atoms with Crippen LogP contribution < -0.4 is 19.3 Å². The molecule has 14 nitrogen and oxygen atoms in total. The number of rotatable bonds is 18. The standard InChI is InChI=1S/2C24H31NO6S2/c2*1-4-5-11-24(2)15-25(17-9-7-6-8-10-17)18-12-21(32-3)20(31-14-19(26)23(27)28)13-22(18)33(29,30)16-24/h2*6-10,12-13,19,26H,4-5,11,14-16H2,1-3H3,(H,27,28)/t2*19-,24?/m10/s1. The summed E-state index contributed by atoms with van der Waals surface area (Å²) in [5.74, 6) is -2.29. The van der Waals surface area contributed by atoms with E-state index in [-0.39, 0.29) is 32.8 Å². The fourth-order valence-electron chi connectivity index (χ4n) is 8.29. The van der Waals surface area contributed by atoms with Gasteiger partial charge in [0.15, 0.2) is 31.9 Å². The van der Waals surface area contributed by atoms with E-state index < -0.39 is 67.9 Å². The Morgan fingerprint density at radius 3 is 1.29 bits per heavy atom. The molecule has 6 rings (SSSR count). The first-order valence-electron chi connectivity index (χ1n) is 21.8. The molecule has 18 heteroatoms. The van der Waals surface area contributed by atoms with Crippen molar-refractivity contribution in [2.24, 2.45) is 10.8 Å². The van der Waals surface area contributed by atoms with Gasteiger partial charge in [-0.05, 0) is 72.6 Å². The number of carboxylic acids is 2. The molecule has 360 valence electrons. The number of carbonyl (C=O) groups is 2. The average Bonchev–Trinajstić information content (AvgIpc) is 3.44. The molecule has 2 unspecified atom stereocenters. The van der Waals surface area contributed by atoms with E-state index >= 15 is 0 Å². The van der Waals surface area contributed by atoms with Crippen molar-refractivity contribution in [3.8, 4) is 11.5 Å². The molecule has 0 amide bonds. The number of aliphatic hydroxyl groups excluding tert-OH is 2. The highest BCUT2D eigenvalue weighted by molar-refractivity contribution is 7.99. The van der Waals surface area contributed by atoms with Crippen molar-refractivity contribution >= 4 is 77.9 Å². The van der Waals surface area contributed by atoms with Gasteiger partial charge in [-0.2, -0.15) is 0 Å². The Balaban J connectivity index is 0.000000247. The minimum atomic E-state index is -3.67. The number of thioether (sulfide) groups is 2. The second kappa shape index (κ2) is 22.6. The minimum Gasteiger partial charge on any atom is -0.489 e. The summed E-state index contributed by atoms with van der Waals surface area (Å²) in [5, 5.41) is 37.1. The fourth-order valence-corrected chi connectivity index (χ4v) is 13.6. The number of hydrogen-bond acceptors (Lipinski definition) is 14. The minimum absolute atomic E-state index is 0.00609. The van der Waals surface area contributed by atoms with Crippen LogP contribution in [0.5, 0.6) is 11.5 Å². The molecular formula is C48H62N2O12S4. The lowest BCUT2D eigenvalue weighted by Crippen LogP contribution is -2.35. The average molecular weight is 987 g/mol. The smallest absolute Gasteiger partial charge is 0.336 e. The van der Waals surface area contributed by atoms with Gasteiger partial charge in [0.1, 0.15) is 24.7 Å². The maximum atomic E-state index is 13.6. The first kappa shape index (κ1) is 52.5. The molecule has 0 radical (unpaired) electrons. The number of ether oxygens (including phenoxy) is 2. The number of fused-ring (bicyclic) bond motifs is 2. The third-order valence-corrected chi connectivity index (χ3v) is 17.3. The SMILES string of the molecule is CCCCC1(C)CN(c2ccccc2)c2cc(SC)c(OC[C@@H](O)C(=O)O)cc2S(=O)(=O)C1.CCCCC1(C)CN(c2ccccc2)c2cc(SC)c(OC[C@H](O)C(=O)O)cc2S(=O)(=O)C1. The van der Waals surface area contributed by atoms with E-state index in [4.69, 9.17) is 19.7 Å². The summed E-state index contributed by atoms with van der Waals surface area (Å²) in [7, 11) is -7.34. The van der Waals surface area contributed by atoms with Gasteiger partial charge in [0.05, 0.1) is 42.5 Å². The Kier molecular flexibility index (Phi) is 17.9. The summed E-state index contributed by atoms with van der Waals surface area (Å²) in [6, 6.07) is 26.0. The second-order valence-corrected chi connectivity index (χ2v) is 23.1. The number of aliphatic carboxylic acids is 2. The molecule has 0 spiro atoms. The van der Waals surface area contributed by atoms with Crippen molar-refractivity contribution < 1.29 is 56.3 Å². The highest BCUT2D eigenvalue weighted by Gasteiger charge is 2.42. The van der Waals surface area contributed by atoms with Gasteiger partial charge >= 0.3 is 11.9 Å². The van der Waals surface area contributed by atoms with Crippen molar-refractivity contribution in [3.05, 3.63) is 84.9 Å². The van der Waals surface area contributed by atoms with Crippen molar-refractivity contribution in [2.75, 3.05) is 60.1 Å². The van der Waals surface area contributed by atoms with Gasteiger partial charge in [-0.25, -0.2) is 26.4 Å². The van der Waals surface area contributed by atoms with Crippen LogP contribution in [0.3, 0.4) is 0 Å². The number of anilines is 4. The van der Waals surface area contributed by atoms with Crippen LogP contribution in [0.4, 0.5) is 22.7 Å². The van der Waals surface area contributed by atoms with Crippen LogP contribution in [-0.2, 0) is 29.3 Å². The summed E-state index contributed by atoms with van der Waals surface area (Å²) in [5.41, 5.74) is 2.06. The quantitative estimate of drug-likeness (QED) is 0.0688. The van der Waals surface area contributed by atoms with Crippen LogP contribution in [0.25, 0.3) is 0 Å². The highest BCUT2D eigenvalue weighted by Crippen LogP contribution is 2.48. The molecule has 2 aliphatic heterocycles. The zero-order valence-corrected chi connectivity index (χ0v) is 41.6. The summed E-state index contributed by atoms with van der Waals surface area (Å²) in [6.45, 7) is 8.40. The van der Waals surface area contributed by atoms with E-state index in [2.05, 4.69) is 23.6 Å². The molecule has 4 aromatic rings. The normalized spacial score (nSPS) is 20.5. The van der Waals surface area contributed by atoms with Crippen LogP contribution >= 0.6 is 23.5 Å². The number of hydrogen-bond donors (Lipinski definition) is 4. The molecule has 0 saturated carbocycles. The largest absolute Gasteiger partial charge is 0.489 e. The lowest BCUT2D eigenvalue weighted by atomic mass is 9.86. The van der Waals surface area contributed by atoms with E-state index in [0.29, 0.717) is 34.3 Å². The van der Waals surface area contributed by atoms with Crippen molar-refractivity contribution in [1.82, 2.24) is 0 Å². The molecule has 0 bridgehead atoms. The van der Waals surface area contributed by atoms with Gasteiger partial charge in [0, 0.05) is 36.6 Å². The van der Waals surface area contributed by atoms with Crippen LogP contribution in [0, 0.1) is 10.8 Å². The first-order valence-corrected chi connectivity index (χ1v) is 27.6. The monoisotopic (exact) mass is 986 g/mol. The molecule has 4 atom stereocenters. The third-order valence-electron chi connectivity index (χ3n) is 11.7. The van der Waals surface area contributed by atoms with Crippen LogP contribution in [0.1, 0.15) is 66.2 Å². The van der Waals surface area contributed by atoms with E-state index in [9.17, 15) is 36.6 Å². The zero-order valence-electron chi connectivity index (χ0n) is 38.3. The van der Waals surface area contributed by atoms with Gasteiger partial charge in [-0.1, -0.05) is 89.8 Å². The Labute approximate surface area is 397 Å². The Hall–Kier alpha value is -4.46. The molecule has 0 aromatic heterocycles. The van der Waals surface area contributed by atoms with E-state index in [0.717, 1.165) is 49.9 Å². The lowest BCUT2D eigenvalue weighted by molar-refractivity contribution is -0.148. The zero-order chi connectivity index (χ0) is 48.5. The topological polar surface area (TPSA) is 208 Å². The summed E-state index contributed by atoms with van der Waals surface area (Å²) >= 11 is 2.74. The van der Waals surface area contributed by atoms with Crippen LogP contribution in [0.15, 0.2) is 105 Å². The molecular weight excluding hydrogens is 925 g/mol. The predicted octanol–water partition coefficient (Wildman–Crippen LogP) is 8.71. The van der Waals surface area contributed by atoms with E-state index in [1.165, 1.54) is 35.7 Å². The lowest BCUT2D eigenvalue weighted by Gasteiger charge is -2.34. The van der Waals surface area contributed by atoms with Crippen molar-refractivity contribution in [2.45, 2.75) is 98.0 Å². The molecule has 0 fully saturated rings. The summed E-state index contributed by atoms with van der Waals surface area (Å²) in [6.07, 6.45) is 5.67. The molecule has 4 aromatic carbocycles.